The van der Waals surface area contributed by atoms with Crippen molar-refractivity contribution in [3.05, 3.63) is 60.2 Å². The Morgan fingerprint density at radius 1 is 1.06 bits per heavy atom. The SMILES string of the molecule is COc1c(Nc2cc(Nc3ccc(C)nn3)ncc2C(=O)C2CC2)cccc1-c1ncn(C)n1. The normalized spacial score (nSPS) is 12.9. The molecule has 3 heterocycles. The molecular formula is C24H24N8O2. The largest absolute Gasteiger partial charge is 0.494 e. The molecule has 0 aliphatic heterocycles. The molecule has 0 bridgehead atoms. The molecule has 0 saturated heterocycles. The van der Waals surface area contributed by atoms with E-state index in [0.717, 1.165) is 24.1 Å². The maximum absolute atomic E-state index is 13.0. The number of para-hydroxylation sites is 1. The standard InChI is InChI=1S/C24H24N8O2/c1-14-7-10-20(30-29-14)28-21-11-19(17(12-25-21)22(33)15-8-9-15)27-18-6-4-5-16(23(18)34-3)24-26-13-32(2)31-24/h4-7,10-13,15H,8-9H2,1-3H3,(H2,25,27,28,30). The van der Waals surface area contributed by atoms with E-state index >= 15 is 0 Å². The van der Waals surface area contributed by atoms with Crippen molar-refractivity contribution >= 4 is 28.8 Å². The Labute approximate surface area is 196 Å². The van der Waals surface area contributed by atoms with Gasteiger partial charge in [-0.2, -0.15) is 10.2 Å². The number of anilines is 4. The molecule has 1 aromatic carbocycles. The first kappa shape index (κ1) is 21.5. The molecule has 0 atom stereocenters. The molecule has 2 N–H and O–H groups in total. The van der Waals surface area contributed by atoms with E-state index in [2.05, 4.69) is 35.9 Å². The quantitative estimate of drug-likeness (QED) is 0.378. The van der Waals surface area contributed by atoms with E-state index in [1.807, 2.05) is 44.3 Å². The average molecular weight is 457 g/mol. The lowest BCUT2D eigenvalue weighted by molar-refractivity contribution is 0.0968. The number of methoxy groups -OCH3 is 1. The summed E-state index contributed by atoms with van der Waals surface area (Å²) in [5.74, 6) is 2.36. The number of aromatic nitrogens is 6. The fraction of sp³-hybridized carbons (Fsp3) is 0.250. The van der Waals surface area contributed by atoms with Crippen LogP contribution in [-0.2, 0) is 7.05 Å². The summed E-state index contributed by atoms with van der Waals surface area (Å²) in [6.07, 6.45) is 5.04. The smallest absolute Gasteiger partial charge is 0.184 e. The van der Waals surface area contributed by atoms with Gasteiger partial charge in [0.05, 0.1) is 35.3 Å². The van der Waals surface area contributed by atoms with Gasteiger partial charge in [-0.1, -0.05) is 6.07 Å². The highest BCUT2D eigenvalue weighted by Gasteiger charge is 2.32. The van der Waals surface area contributed by atoms with E-state index < -0.39 is 0 Å². The molecular weight excluding hydrogens is 432 g/mol. The molecule has 1 fully saturated rings. The van der Waals surface area contributed by atoms with Crippen LogP contribution < -0.4 is 15.4 Å². The van der Waals surface area contributed by atoms with Gasteiger partial charge in [0.25, 0.3) is 0 Å². The lowest BCUT2D eigenvalue weighted by Crippen LogP contribution is -2.09. The second kappa shape index (κ2) is 8.89. The number of benzene rings is 1. The van der Waals surface area contributed by atoms with Gasteiger partial charge in [0.15, 0.2) is 23.2 Å². The van der Waals surface area contributed by atoms with E-state index in [1.165, 1.54) is 0 Å². The van der Waals surface area contributed by atoms with Crippen LogP contribution in [0.25, 0.3) is 11.4 Å². The van der Waals surface area contributed by atoms with Crippen LogP contribution in [-0.4, -0.2) is 42.8 Å². The number of rotatable bonds is 8. The van der Waals surface area contributed by atoms with E-state index in [4.69, 9.17) is 4.74 Å². The molecule has 0 amide bonds. The summed E-state index contributed by atoms with van der Waals surface area (Å²) in [6.45, 7) is 1.87. The Morgan fingerprint density at radius 3 is 2.59 bits per heavy atom. The summed E-state index contributed by atoms with van der Waals surface area (Å²) in [7, 11) is 3.41. The number of hydrogen-bond donors (Lipinski definition) is 2. The van der Waals surface area contributed by atoms with Gasteiger partial charge in [0, 0.05) is 25.2 Å². The number of ether oxygens (including phenoxy) is 1. The minimum Gasteiger partial charge on any atom is -0.494 e. The Hall–Kier alpha value is -4.34. The van der Waals surface area contributed by atoms with Crippen molar-refractivity contribution < 1.29 is 9.53 Å². The van der Waals surface area contributed by atoms with Crippen molar-refractivity contribution in [1.29, 1.82) is 0 Å². The van der Waals surface area contributed by atoms with Crippen LogP contribution in [0.4, 0.5) is 23.0 Å². The van der Waals surface area contributed by atoms with Crippen LogP contribution in [0.2, 0.25) is 0 Å². The van der Waals surface area contributed by atoms with Crippen molar-refractivity contribution in [3.63, 3.8) is 0 Å². The summed E-state index contributed by atoms with van der Waals surface area (Å²) in [5.41, 5.74) is 3.40. The third kappa shape index (κ3) is 4.42. The number of aryl methyl sites for hydroxylation is 2. The molecule has 3 aromatic heterocycles. The molecule has 1 aliphatic rings. The number of nitrogens with zero attached hydrogens (tertiary/aromatic N) is 6. The second-order valence-corrected chi connectivity index (χ2v) is 8.19. The first-order valence-electron chi connectivity index (χ1n) is 10.9. The maximum Gasteiger partial charge on any atom is 0.184 e. The fourth-order valence-corrected chi connectivity index (χ4v) is 3.62. The number of ketones is 1. The monoisotopic (exact) mass is 456 g/mol. The summed E-state index contributed by atoms with van der Waals surface area (Å²) >= 11 is 0. The van der Waals surface area contributed by atoms with Crippen molar-refractivity contribution in [2.75, 3.05) is 17.7 Å². The van der Waals surface area contributed by atoms with Crippen LogP contribution in [0.5, 0.6) is 5.75 Å². The highest BCUT2D eigenvalue weighted by molar-refractivity contribution is 6.04. The van der Waals surface area contributed by atoms with Gasteiger partial charge in [0.2, 0.25) is 0 Å². The van der Waals surface area contributed by atoms with Gasteiger partial charge in [-0.3, -0.25) is 9.48 Å². The van der Waals surface area contributed by atoms with E-state index in [-0.39, 0.29) is 11.7 Å². The Morgan fingerprint density at radius 2 is 1.91 bits per heavy atom. The number of carbonyl (C=O) groups excluding carboxylic acids is 1. The first-order chi connectivity index (χ1) is 16.5. The molecule has 1 saturated carbocycles. The van der Waals surface area contributed by atoms with Gasteiger partial charge >= 0.3 is 0 Å². The highest BCUT2D eigenvalue weighted by atomic mass is 16.5. The van der Waals surface area contributed by atoms with Crippen LogP contribution >= 0.6 is 0 Å². The first-order valence-corrected chi connectivity index (χ1v) is 10.9. The predicted octanol–water partition coefficient (Wildman–Crippen LogP) is 4.06. The number of Topliss-reactive ketones (excluding diaryl/α,β-unsaturated/α-hetero) is 1. The van der Waals surface area contributed by atoms with Gasteiger partial charge < -0.3 is 15.4 Å². The molecule has 4 aromatic rings. The van der Waals surface area contributed by atoms with Crippen molar-refractivity contribution in [2.24, 2.45) is 13.0 Å². The highest BCUT2D eigenvalue weighted by Crippen LogP contribution is 2.39. The summed E-state index contributed by atoms with van der Waals surface area (Å²) in [6, 6.07) is 11.2. The van der Waals surface area contributed by atoms with Gasteiger partial charge in [-0.05, 0) is 44.0 Å². The molecule has 172 valence electrons. The lowest BCUT2D eigenvalue weighted by atomic mass is 10.1. The zero-order valence-electron chi connectivity index (χ0n) is 19.1. The number of pyridine rings is 1. The lowest BCUT2D eigenvalue weighted by Gasteiger charge is -2.17. The third-order valence-electron chi connectivity index (χ3n) is 5.50. The molecule has 10 heteroatoms. The molecule has 0 spiro atoms. The summed E-state index contributed by atoms with van der Waals surface area (Å²) in [5, 5.41) is 19.1. The fourth-order valence-electron chi connectivity index (χ4n) is 3.62. The van der Waals surface area contributed by atoms with Crippen molar-refractivity contribution in [3.8, 4) is 17.1 Å². The zero-order valence-corrected chi connectivity index (χ0v) is 19.1. The van der Waals surface area contributed by atoms with Crippen LogP contribution in [0, 0.1) is 12.8 Å². The van der Waals surface area contributed by atoms with Gasteiger partial charge in [0.1, 0.15) is 12.1 Å². The average Bonchev–Trinajstić information content (AvgIpc) is 3.60. The summed E-state index contributed by atoms with van der Waals surface area (Å²) in [4.78, 5) is 21.8. The number of carbonyl (C=O) groups is 1. The van der Waals surface area contributed by atoms with Crippen LogP contribution in [0.15, 0.2) is 48.9 Å². The second-order valence-electron chi connectivity index (χ2n) is 8.19. The minimum atomic E-state index is 0.0510. The number of hydrogen-bond acceptors (Lipinski definition) is 9. The molecule has 5 rings (SSSR count). The van der Waals surface area contributed by atoms with E-state index in [0.29, 0.717) is 40.1 Å². The predicted molar refractivity (Wildman–Crippen MR) is 128 cm³/mol. The molecule has 1 aliphatic carbocycles. The Balaban J connectivity index is 1.52. The number of nitrogens with one attached hydrogen (secondary N) is 2. The summed E-state index contributed by atoms with van der Waals surface area (Å²) < 4.78 is 7.36. The topological polar surface area (TPSA) is 120 Å². The van der Waals surface area contributed by atoms with Crippen molar-refractivity contribution in [1.82, 2.24) is 29.9 Å². The van der Waals surface area contributed by atoms with Gasteiger partial charge in [-0.25, -0.2) is 9.97 Å². The van der Waals surface area contributed by atoms with E-state index in [9.17, 15) is 4.79 Å². The van der Waals surface area contributed by atoms with Crippen molar-refractivity contribution in [2.45, 2.75) is 19.8 Å². The Kier molecular flexibility index (Phi) is 5.62. The molecule has 10 nitrogen and oxygen atoms in total. The molecule has 0 radical (unpaired) electrons. The Bertz CT molecular complexity index is 1350. The van der Waals surface area contributed by atoms with Crippen LogP contribution in [0.3, 0.4) is 0 Å². The minimum absolute atomic E-state index is 0.0510. The van der Waals surface area contributed by atoms with Crippen LogP contribution in [0.1, 0.15) is 28.9 Å². The maximum atomic E-state index is 13.0. The van der Waals surface area contributed by atoms with E-state index in [1.54, 1.807) is 30.4 Å². The van der Waals surface area contributed by atoms with Gasteiger partial charge in [-0.15, -0.1) is 5.10 Å². The molecule has 0 unspecified atom stereocenters. The molecule has 34 heavy (non-hydrogen) atoms. The third-order valence-corrected chi connectivity index (χ3v) is 5.50. The zero-order chi connectivity index (χ0) is 23.7.